The lowest BCUT2D eigenvalue weighted by atomic mass is 10.00. The number of fused-ring (bicyclic) bond motifs is 11. The Balaban J connectivity index is 1.50. The molecule has 2 aromatic heterocycles. The predicted octanol–water partition coefficient (Wildman–Crippen LogP) is 11.1. The van der Waals surface area contributed by atoms with Crippen LogP contribution < -0.4 is 5.30 Å². The highest BCUT2D eigenvalue weighted by Crippen LogP contribution is 2.47. The van der Waals surface area contributed by atoms with Crippen molar-refractivity contribution >= 4 is 90.9 Å². The molecule has 224 valence electrons. The average molecular weight is 632 g/mol. The molecule has 0 radical (unpaired) electrons. The zero-order valence-corrected chi connectivity index (χ0v) is 26.7. The normalized spacial score (nSPS) is 12.4. The van der Waals surface area contributed by atoms with Gasteiger partial charge in [0.25, 0.3) is 0 Å². The maximum absolute atomic E-state index is 6.82. The first-order valence-corrected chi connectivity index (χ1v) is 17.2. The quantitative estimate of drug-likeness (QED) is 0.108. The maximum atomic E-state index is 6.82. The summed E-state index contributed by atoms with van der Waals surface area (Å²) < 4.78 is 14.1. The van der Waals surface area contributed by atoms with Gasteiger partial charge in [0.2, 0.25) is 0 Å². The Labute approximate surface area is 276 Å². The number of rotatable bonds is 3. The number of aromatic nitrogens is 3. The van der Waals surface area contributed by atoms with Crippen LogP contribution in [0.2, 0.25) is 0 Å². The molecule has 0 saturated heterocycles. The van der Waals surface area contributed by atoms with Crippen molar-refractivity contribution in [2.75, 3.05) is 0 Å². The highest BCUT2D eigenvalue weighted by Gasteiger charge is 2.28. The zero-order chi connectivity index (χ0) is 31.5. The monoisotopic (exact) mass is 631 g/mol. The van der Waals surface area contributed by atoms with Crippen LogP contribution in [-0.2, 0) is 0 Å². The smallest absolute Gasteiger partial charge is 0.145 e. The predicted molar refractivity (Wildman–Crippen MR) is 204 cm³/mol. The Kier molecular flexibility index (Phi) is 5.14. The van der Waals surface area contributed by atoms with Gasteiger partial charge in [-0.25, -0.2) is 9.20 Å². The molecular formula is C43H26N3OP. The minimum Gasteiger partial charge on any atom is -0.455 e. The molecule has 48 heavy (non-hydrogen) atoms. The first kappa shape index (κ1) is 26.0. The van der Waals surface area contributed by atoms with Gasteiger partial charge in [-0.15, -0.1) is 0 Å². The SMILES string of the molecule is C=Pc1cccc(-n2c3cc4c5ccccc5oc4c4c3-n(c3ccc(-c5ccccc5)cc32)n2c3ccccc3c3cccc4c32)c1. The van der Waals surface area contributed by atoms with Gasteiger partial charge < -0.3 is 8.98 Å². The fraction of sp³-hybridized carbons (Fsp3) is 0. The van der Waals surface area contributed by atoms with Crippen molar-refractivity contribution in [1.29, 1.82) is 0 Å². The Bertz CT molecular complexity index is 3080. The molecule has 0 fully saturated rings. The lowest BCUT2D eigenvalue weighted by Crippen LogP contribution is -2.17. The van der Waals surface area contributed by atoms with Crippen LogP contribution in [0, 0.1) is 0 Å². The summed E-state index contributed by atoms with van der Waals surface area (Å²) in [6, 6.07) is 52.6. The van der Waals surface area contributed by atoms with Crippen LogP contribution in [0.4, 0.5) is 0 Å². The molecule has 0 amide bonds. The topological polar surface area (TPSA) is 27.4 Å². The van der Waals surface area contributed by atoms with Gasteiger partial charge in [-0.1, -0.05) is 118 Å². The van der Waals surface area contributed by atoms with Gasteiger partial charge in [-0.3, -0.25) is 0 Å². The lowest BCUT2D eigenvalue weighted by molar-refractivity contribution is 0.672. The molecule has 0 spiro atoms. The minimum atomic E-state index is 0.893. The first-order chi connectivity index (χ1) is 23.8. The number of nitrogens with zero attached hydrogens (tertiary/aromatic N) is 3. The van der Waals surface area contributed by atoms with Crippen molar-refractivity contribution in [3.8, 4) is 22.5 Å². The first-order valence-electron chi connectivity index (χ1n) is 16.2. The van der Waals surface area contributed by atoms with E-state index in [9.17, 15) is 0 Å². The molecule has 0 bridgehead atoms. The molecule has 7 aromatic carbocycles. The summed E-state index contributed by atoms with van der Waals surface area (Å²) in [6.45, 7) is 0. The molecular weight excluding hydrogens is 605 g/mol. The molecule has 0 saturated carbocycles. The minimum absolute atomic E-state index is 0.893. The second-order valence-corrected chi connectivity index (χ2v) is 13.4. The summed E-state index contributed by atoms with van der Waals surface area (Å²) in [5, 5.41) is 8.16. The molecule has 0 atom stereocenters. The third kappa shape index (κ3) is 3.32. The van der Waals surface area contributed by atoms with Gasteiger partial charge in [0.05, 0.1) is 38.7 Å². The van der Waals surface area contributed by atoms with E-state index in [1.807, 2.05) is 0 Å². The Hall–Kier alpha value is -6.09. The van der Waals surface area contributed by atoms with Crippen molar-refractivity contribution in [1.82, 2.24) is 13.8 Å². The molecule has 9 aromatic rings. The summed E-state index contributed by atoms with van der Waals surface area (Å²) in [5.74, 6) is 0. The van der Waals surface area contributed by atoms with E-state index in [2.05, 4.69) is 166 Å². The third-order valence-electron chi connectivity index (χ3n) is 10.0. The number of hydrogen-bond donors (Lipinski definition) is 0. The number of para-hydroxylation sites is 3. The highest BCUT2D eigenvalue weighted by atomic mass is 31.1. The number of hydrogen-bond acceptors (Lipinski definition) is 1. The van der Waals surface area contributed by atoms with E-state index >= 15 is 0 Å². The van der Waals surface area contributed by atoms with Crippen LogP contribution in [-0.4, -0.2) is 20.1 Å². The molecule has 4 nitrogen and oxygen atoms in total. The molecule has 2 aliphatic rings. The standard InChI is InChI=1S/C43H26N3OP/c1-48-29-14-9-13-28(24-29)44-37-23-27(26-11-3-2-4-12-26)21-22-36(37)46-42-38(44)25-34-31-16-6-8-20-39(31)47-43(34)40(42)33-18-10-17-32-30-15-5-7-19-35(30)45(46)41(32)33/h2-25H,1H2. The summed E-state index contributed by atoms with van der Waals surface area (Å²) in [6.07, 6.45) is 4.20. The van der Waals surface area contributed by atoms with Gasteiger partial charge >= 0.3 is 0 Å². The van der Waals surface area contributed by atoms with E-state index in [0.29, 0.717) is 0 Å². The van der Waals surface area contributed by atoms with Crippen molar-refractivity contribution in [2.24, 2.45) is 0 Å². The molecule has 0 unspecified atom stereocenters. The Morgan fingerprint density at radius 3 is 2.19 bits per heavy atom. The van der Waals surface area contributed by atoms with E-state index in [0.717, 1.165) is 63.5 Å². The fourth-order valence-electron chi connectivity index (χ4n) is 8.03. The molecule has 11 rings (SSSR count). The van der Waals surface area contributed by atoms with Crippen LogP contribution >= 0.6 is 8.20 Å². The van der Waals surface area contributed by atoms with Crippen LogP contribution in [0.5, 0.6) is 0 Å². The Morgan fingerprint density at radius 1 is 0.521 bits per heavy atom. The van der Waals surface area contributed by atoms with Gasteiger partial charge in [-0.05, 0) is 53.6 Å². The second-order valence-electron chi connectivity index (χ2n) is 12.5. The summed E-state index contributed by atoms with van der Waals surface area (Å²) >= 11 is 0. The second kappa shape index (κ2) is 9.48. The van der Waals surface area contributed by atoms with E-state index in [1.54, 1.807) is 0 Å². The summed E-state index contributed by atoms with van der Waals surface area (Å²) in [5.41, 5.74) is 12.1. The van der Waals surface area contributed by atoms with Crippen LogP contribution in [0.25, 0.3) is 93.6 Å². The van der Waals surface area contributed by atoms with Crippen molar-refractivity contribution in [3.05, 3.63) is 146 Å². The molecule has 4 heterocycles. The molecule has 0 aliphatic carbocycles. The fourth-order valence-corrected chi connectivity index (χ4v) is 8.45. The largest absolute Gasteiger partial charge is 0.455 e. The van der Waals surface area contributed by atoms with E-state index in [-0.39, 0.29) is 0 Å². The maximum Gasteiger partial charge on any atom is 0.145 e. The highest BCUT2D eigenvalue weighted by molar-refractivity contribution is 7.45. The summed E-state index contributed by atoms with van der Waals surface area (Å²) in [7, 11) is 0.984. The van der Waals surface area contributed by atoms with E-state index in [4.69, 9.17) is 4.42 Å². The van der Waals surface area contributed by atoms with Crippen molar-refractivity contribution < 1.29 is 4.42 Å². The molecule has 5 heteroatoms. The summed E-state index contributed by atoms with van der Waals surface area (Å²) in [4.78, 5) is 0. The van der Waals surface area contributed by atoms with Gasteiger partial charge in [-0.2, -0.15) is 0 Å². The van der Waals surface area contributed by atoms with Crippen LogP contribution in [0.3, 0.4) is 0 Å². The van der Waals surface area contributed by atoms with Gasteiger partial charge in [0.1, 0.15) is 11.2 Å². The number of benzene rings is 7. The van der Waals surface area contributed by atoms with E-state index < -0.39 is 0 Å². The average Bonchev–Trinajstić information content (AvgIpc) is 3.69. The van der Waals surface area contributed by atoms with Gasteiger partial charge in [0, 0.05) is 37.9 Å². The molecule has 0 N–H and O–H groups in total. The Morgan fingerprint density at radius 2 is 1.29 bits per heavy atom. The van der Waals surface area contributed by atoms with Crippen molar-refractivity contribution in [3.63, 3.8) is 0 Å². The lowest BCUT2D eigenvalue weighted by Gasteiger charge is -2.27. The number of furan rings is 1. The zero-order valence-electron chi connectivity index (χ0n) is 25.8. The van der Waals surface area contributed by atoms with Crippen LogP contribution in [0.15, 0.2) is 150 Å². The third-order valence-corrected chi connectivity index (χ3v) is 10.7. The van der Waals surface area contributed by atoms with E-state index in [1.165, 1.54) is 43.6 Å². The van der Waals surface area contributed by atoms with Gasteiger partial charge in [0.15, 0.2) is 0 Å². The molecule has 2 aliphatic heterocycles. The van der Waals surface area contributed by atoms with Crippen molar-refractivity contribution in [2.45, 2.75) is 0 Å². The van der Waals surface area contributed by atoms with Crippen LogP contribution in [0.1, 0.15) is 0 Å².